The Morgan fingerprint density at radius 3 is 1.96 bits per heavy atom. The molecule has 0 amide bonds. The first kappa shape index (κ1) is 16.0. The number of rotatable bonds is 4. The number of hydrogen-bond acceptors (Lipinski definition) is 2. The van der Waals surface area contributed by atoms with Crippen LogP contribution in [0.4, 0.5) is 0 Å². The highest BCUT2D eigenvalue weighted by Crippen LogP contribution is 2.35. The van der Waals surface area contributed by atoms with Crippen LogP contribution in [0.15, 0.2) is 72.9 Å². The highest BCUT2D eigenvalue weighted by atomic mass is 14.7. The number of pyridine rings is 1. The Morgan fingerprint density at radius 1 is 0.875 bits per heavy atom. The van der Waals surface area contributed by atoms with Crippen molar-refractivity contribution in [2.75, 3.05) is 0 Å². The molecule has 118 valence electrons. The average molecular weight is 312 g/mol. The van der Waals surface area contributed by atoms with Gasteiger partial charge in [-0.15, -0.1) is 0 Å². The Kier molecular flexibility index (Phi) is 4.44. The van der Waals surface area contributed by atoms with Crippen LogP contribution in [0.2, 0.25) is 0 Å². The molecule has 2 heteroatoms. The van der Waals surface area contributed by atoms with Crippen LogP contribution in [0.1, 0.15) is 27.9 Å². The highest BCUT2D eigenvalue weighted by Gasteiger charge is 2.35. The summed E-state index contributed by atoms with van der Waals surface area (Å²) in [5.74, 6) is 0. The van der Waals surface area contributed by atoms with Crippen LogP contribution < -0.4 is 0 Å². The zero-order valence-electron chi connectivity index (χ0n) is 14.0. The fraction of sp³-hybridized carbons (Fsp3) is 0.182. The van der Waals surface area contributed by atoms with Gasteiger partial charge in [0.1, 0.15) is 5.41 Å². The molecular weight excluding hydrogens is 292 g/mol. The Labute approximate surface area is 143 Å². The van der Waals surface area contributed by atoms with E-state index in [1.165, 1.54) is 0 Å². The van der Waals surface area contributed by atoms with Crippen molar-refractivity contribution < 1.29 is 0 Å². The molecule has 1 aromatic heterocycles. The normalized spacial score (nSPS) is 11.0. The molecule has 0 bridgehead atoms. The third-order valence-electron chi connectivity index (χ3n) is 4.39. The lowest BCUT2D eigenvalue weighted by molar-refractivity contribution is 0.640. The zero-order chi connectivity index (χ0) is 17.0. The second-order valence-corrected chi connectivity index (χ2v) is 6.25. The predicted octanol–water partition coefficient (Wildman–Crippen LogP) is 4.75. The number of aryl methyl sites for hydroxylation is 2. The lowest BCUT2D eigenvalue weighted by Crippen LogP contribution is -2.29. The molecule has 0 atom stereocenters. The number of nitrogens with zero attached hydrogens (tertiary/aromatic N) is 2. The topological polar surface area (TPSA) is 36.7 Å². The number of hydrogen-bond donors (Lipinski definition) is 0. The van der Waals surface area contributed by atoms with Gasteiger partial charge in [0.05, 0.1) is 6.07 Å². The van der Waals surface area contributed by atoms with Crippen molar-refractivity contribution in [3.63, 3.8) is 0 Å². The molecule has 0 unspecified atom stereocenters. The largest absolute Gasteiger partial charge is 0.261 e. The van der Waals surface area contributed by atoms with Crippen molar-refractivity contribution in [3.05, 3.63) is 101 Å². The number of nitriles is 1. The zero-order valence-corrected chi connectivity index (χ0v) is 14.0. The van der Waals surface area contributed by atoms with Crippen LogP contribution in [0, 0.1) is 25.2 Å². The average Bonchev–Trinajstić information content (AvgIpc) is 2.60. The van der Waals surface area contributed by atoms with Gasteiger partial charge < -0.3 is 0 Å². The van der Waals surface area contributed by atoms with Gasteiger partial charge >= 0.3 is 0 Å². The van der Waals surface area contributed by atoms with E-state index >= 15 is 0 Å². The van der Waals surface area contributed by atoms with E-state index in [4.69, 9.17) is 0 Å². The molecule has 0 radical (unpaired) electrons. The molecule has 0 saturated carbocycles. The molecule has 2 aromatic carbocycles. The predicted molar refractivity (Wildman–Crippen MR) is 96.7 cm³/mol. The molecule has 0 N–H and O–H groups in total. The van der Waals surface area contributed by atoms with E-state index in [2.05, 4.69) is 49.2 Å². The Morgan fingerprint density at radius 2 is 1.50 bits per heavy atom. The van der Waals surface area contributed by atoms with Crippen LogP contribution in [-0.2, 0) is 11.8 Å². The van der Waals surface area contributed by atoms with Crippen LogP contribution in [0.3, 0.4) is 0 Å². The summed E-state index contributed by atoms with van der Waals surface area (Å²) in [4.78, 5) is 4.46. The minimum Gasteiger partial charge on any atom is -0.261 e. The van der Waals surface area contributed by atoms with E-state index < -0.39 is 5.41 Å². The minimum atomic E-state index is -0.744. The van der Waals surface area contributed by atoms with Gasteiger partial charge in [0.25, 0.3) is 0 Å². The molecule has 0 spiro atoms. The van der Waals surface area contributed by atoms with Gasteiger partial charge in [-0.25, -0.2) is 0 Å². The van der Waals surface area contributed by atoms with Crippen LogP contribution >= 0.6 is 0 Å². The third-order valence-corrected chi connectivity index (χ3v) is 4.39. The fourth-order valence-electron chi connectivity index (χ4n) is 3.13. The molecular formula is C22H20N2. The molecule has 0 aliphatic rings. The molecule has 0 saturated heterocycles. The Hall–Kier alpha value is -2.92. The summed E-state index contributed by atoms with van der Waals surface area (Å²) in [6.45, 7) is 4.12. The van der Waals surface area contributed by atoms with Crippen LogP contribution in [0.5, 0.6) is 0 Å². The minimum absolute atomic E-state index is 0.553. The molecule has 2 nitrogen and oxygen atoms in total. The summed E-state index contributed by atoms with van der Waals surface area (Å²) in [7, 11) is 0. The maximum atomic E-state index is 10.2. The summed E-state index contributed by atoms with van der Waals surface area (Å²) >= 11 is 0. The van der Waals surface area contributed by atoms with Gasteiger partial charge in [-0.1, -0.05) is 65.7 Å². The van der Waals surface area contributed by atoms with E-state index in [1.54, 1.807) is 6.20 Å². The van der Waals surface area contributed by atoms with Crippen molar-refractivity contribution in [1.82, 2.24) is 4.98 Å². The maximum absolute atomic E-state index is 10.2. The summed E-state index contributed by atoms with van der Waals surface area (Å²) < 4.78 is 0. The van der Waals surface area contributed by atoms with Crippen molar-refractivity contribution in [1.29, 1.82) is 5.26 Å². The van der Waals surface area contributed by atoms with Crippen LogP contribution in [0.25, 0.3) is 0 Å². The van der Waals surface area contributed by atoms with E-state index in [1.807, 2.05) is 42.5 Å². The standard InChI is InChI=1S/C22H20N2/c1-17-7-5-9-19(13-17)22(16-23,15-21-11-3-4-12-24-21)20-10-6-8-18(2)14-20/h3-14H,15H2,1-2H3. The SMILES string of the molecule is Cc1cccc(C(C#N)(Cc2ccccn2)c2cccc(C)c2)c1. The molecule has 3 rings (SSSR count). The lowest BCUT2D eigenvalue weighted by Gasteiger charge is -2.28. The van der Waals surface area contributed by atoms with Gasteiger partial charge in [-0.2, -0.15) is 5.26 Å². The highest BCUT2D eigenvalue weighted by molar-refractivity contribution is 5.49. The molecule has 1 heterocycles. The van der Waals surface area contributed by atoms with E-state index in [-0.39, 0.29) is 0 Å². The van der Waals surface area contributed by atoms with Gasteiger partial charge in [-0.3, -0.25) is 4.98 Å². The molecule has 0 aliphatic carbocycles. The maximum Gasteiger partial charge on any atom is 0.113 e. The quantitative estimate of drug-likeness (QED) is 0.697. The second-order valence-electron chi connectivity index (χ2n) is 6.25. The van der Waals surface area contributed by atoms with Gasteiger partial charge in [0.2, 0.25) is 0 Å². The second kappa shape index (κ2) is 6.68. The van der Waals surface area contributed by atoms with E-state index in [0.29, 0.717) is 6.42 Å². The van der Waals surface area contributed by atoms with Gasteiger partial charge in [-0.05, 0) is 37.1 Å². The fourth-order valence-corrected chi connectivity index (χ4v) is 3.13. The Balaban J connectivity index is 2.21. The van der Waals surface area contributed by atoms with Gasteiger partial charge in [0.15, 0.2) is 0 Å². The van der Waals surface area contributed by atoms with E-state index in [0.717, 1.165) is 27.9 Å². The summed E-state index contributed by atoms with van der Waals surface area (Å²) in [5.41, 5.74) is 4.51. The van der Waals surface area contributed by atoms with E-state index in [9.17, 15) is 5.26 Å². The Bertz CT molecular complexity index is 830. The molecule has 3 aromatic rings. The first-order chi connectivity index (χ1) is 11.6. The lowest BCUT2D eigenvalue weighted by atomic mass is 9.72. The van der Waals surface area contributed by atoms with Gasteiger partial charge in [0, 0.05) is 18.3 Å². The molecule has 0 aliphatic heterocycles. The summed E-state index contributed by atoms with van der Waals surface area (Å²) in [6.07, 6.45) is 2.33. The van der Waals surface area contributed by atoms with Crippen LogP contribution in [-0.4, -0.2) is 4.98 Å². The third kappa shape index (κ3) is 3.07. The van der Waals surface area contributed by atoms with Crippen molar-refractivity contribution in [2.24, 2.45) is 0 Å². The first-order valence-electron chi connectivity index (χ1n) is 8.09. The molecule has 24 heavy (non-hydrogen) atoms. The summed E-state index contributed by atoms with van der Waals surface area (Å²) in [6, 6.07) is 24.9. The summed E-state index contributed by atoms with van der Waals surface area (Å²) in [5, 5.41) is 10.2. The van der Waals surface area contributed by atoms with Crippen molar-refractivity contribution in [2.45, 2.75) is 25.7 Å². The first-order valence-corrected chi connectivity index (χ1v) is 8.09. The molecule has 0 fully saturated rings. The van der Waals surface area contributed by atoms with Crippen molar-refractivity contribution in [3.8, 4) is 6.07 Å². The number of benzene rings is 2. The monoisotopic (exact) mass is 312 g/mol. The van der Waals surface area contributed by atoms with Crippen molar-refractivity contribution >= 4 is 0 Å². The number of aromatic nitrogens is 1. The smallest absolute Gasteiger partial charge is 0.113 e.